The van der Waals surface area contributed by atoms with Gasteiger partial charge in [-0.1, -0.05) is 30.3 Å². The Bertz CT molecular complexity index is 746. The number of aromatic nitrogens is 1. The first kappa shape index (κ1) is 23.9. The van der Waals surface area contributed by atoms with Crippen LogP contribution < -0.4 is 11.1 Å². The third-order valence-corrected chi connectivity index (χ3v) is 4.58. The van der Waals surface area contributed by atoms with Gasteiger partial charge in [0.25, 0.3) is 5.91 Å². The van der Waals surface area contributed by atoms with Gasteiger partial charge in [-0.15, -0.1) is 24.8 Å². The zero-order valence-electron chi connectivity index (χ0n) is 15.5. The molecule has 1 aliphatic heterocycles. The van der Waals surface area contributed by atoms with Crippen molar-refractivity contribution in [2.75, 3.05) is 13.1 Å². The Morgan fingerprint density at radius 1 is 1.18 bits per heavy atom. The molecular weight excluding hydrogens is 399 g/mol. The summed E-state index contributed by atoms with van der Waals surface area (Å²) in [4.78, 5) is 31.3. The number of hydrogen-bond donors (Lipinski definition) is 2. The predicted molar refractivity (Wildman–Crippen MR) is 114 cm³/mol. The lowest BCUT2D eigenvalue weighted by molar-refractivity contribution is -0.134. The van der Waals surface area contributed by atoms with Gasteiger partial charge >= 0.3 is 0 Å². The summed E-state index contributed by atoms with van der Waals surface area (Å²) >= 11 is 0. The highest BCUT2D eigenvalue weighted by molar-refractivity contribution is 5.97. The third kappa shape index (κ3) is 6.48. The number of likely N-dealkylation sites (tertiary alicyclic amines) is 1. The molecule has 0 saturated carbocycles. The molecule has 1 aromatic carbocycles. The van der Waals surface area contributed by atoms with Gasteiger partial charge in [-0.2, -0.15) is 0 Å². The first-order chi connectivity index (χ1) is 12.6. The summed E-state index contributed by atoms with van der Waals surface area (Å²) in [5.74, 6) is -0.380. The van der Waals surface area contributed by atoms with Crippen LogP contribution in [0.4, 0.5) is 0 Å². The molecular formula is C20H26Cl2N4O2. The second-order valence-electron chi connectivity index (χ2n) is 6.64. The Labute approximate surface area is 177 Å². The highest BCUT2D eigenvalue weighted by Crippen LogP contribution is 2.13. The van der Waals surface area contributed by atoms with Crippen LogP contribution in [0.5, 0.6) is 0 Å². The van der Waals surface area contributed by atoms with E-state index in [2.05, 4.69) is 10.3 Å². The molecule has 3 rings (SSSR count). The smallest absolute Gasteiger partial charge is 0.253 e. The molecule has 0 radical (unpaired) electrons. The van der Waals surface area contributed by atoms with E-state index in [-0.39, 0.29) is 42.7 Å². The summed E-state index contributed by atoms with van der Waals surface area (Å²) in [5, 5.41) is 2.88. The number of piperidine rings is 1. The molecule has 1 saturated heterocycles. The molecule has 28 heavy (non-hydrogen) atoms. The molecule has 8 heteroatoms. The molecule has 2 heterocycles. The number of carbonyl (C=O) groups excluding carboxylic acids is 2. The van der Waals surface area contributed by atoms with Crippen LogP contribution >= 0.6 is 24.8 Å². The zero-order valence-corrected chi connectivity index (χ0v) is 17.1. The number of hydrogen-bond acceptors (Lipinski definition) is 4. The minimum absolute atomic E-state index is 0. The van der Waals surface area contributed by atoms with Crippen LogP contribution in [0.1, 0.15) is 28.8 Å². The Balaban J connectivity index is 0.00000196. The van der Waals surface area contributed by atoms with Crippen molar-refractivity contribution < 1.29 is 9.59 Å². The lowest BCUT2D eigenvalue weighted by Gasteiger charge is -2.33. The van der Waals surface area contributed by atoms with Gasteiger partial charge in [0, 0.05) is 37.9 Å². The second kappa shape index (κ2) is 11.6. The Hall–Kier alpha value is -2.15. The standard InChI is InChI=1S/C20H24N4O2.2ClH/c21-17-9-5-11-24(14-17)20(26)18(12-15-6-2-1-3-7-15)23-19(25)16-8-4-10-22-13-16;;/h1-4,6-8,10,13,17-18H,5,9,11-12,14,21H2,(H,23,25);2*1H. The van der Waals surface area contributed by atoms with Crippen LogP contribution in [0, 0.1) is 0 Å². The largest absolute Gasteiger partial charge is 0.340 e. The minimum atomic E-state index is -0.629. The SMILES string of the molecule is Cl.Cl.NC1CCCN(C(=O)C(Cc2ccccc2)NC(=O)c2cccnc2)C1. The summed E-state index contributed by atoms with van der Waals surface area (Å²) in [7, 11) is 0. The summed E-state index contributed by atoms with van der Waals surface area (Å²) in [6, 6.07) is 12.5. The number of nitrogens with one attached hydrogen (secondary N) is 1. The van der Waals surface area contributed by atoms with Crippen molar-refractivity contribution in [3.8, 4) is 0 Å². The van der Waals surface area contributed by atoms with Gasteiger partial charge < -0.3 is 16.0 Å². The number of halogens is 2. The van der Waals surface area contributed by atoms with E-state index >= 15 is 0 Å². The van der Waals surface area contributed by atoms with E-state index in [9.17, 15) is 9.59 Å². The van der Waals surface area contributed by atoms with E-state index in [1.165, 1.54) is 6.20 Å². The number of amides is 2. The first-order valence-corrected chi connectivity index (χ1v) is 8.92. The number of nitrogens with zero attached hydrogens (tertiary/aromatic N) is 2. The Kier molecular flexibility index (Phi) is 9.93. The van der Waals surface area contributed by atoms with E-state index in [4.69, 9.17) is 5.73 Å². The maximum absolute atomic E-state index is 13.1. The molecule has 1 fully saturated rings. The van der Waals surface area contributed by atoms with Crippen molar-refractivity contribution in [3.63, 3.8) is 0 Å². The molecule has 6 nitrogen and oxygen atoms in total. The highest BCUT2D eigenvalue weighted by Gasteiger charge is 2.29. The summed E-state index contributed by atoms with van der Waals surface area (Å²) < 4.78 is 0. The van der Waals surface area contributed by atoms with Gasteiger partial charge in [-0.05, 0) is 30.5 Å². The summed E-state index contributed by atoms with van der Waals surface area (Å²) in [6.45, 7) is 1.22. The average Bonchev–Trinajstić information content (AvgIpc) is 2.68. The number of pyridine rings is 1. The monoisotopic (exact) mass is 424 g/mol. The van der Waals surface area contributed by atoms with Gasteiger partial charge in [0.15, 0.2) is 0 Å². The Morgan fingerprint density at radius 3 is 2.57 bits per heavy atom. The molecule has 2 atom stereocenters. The molecule has 1 aliphatic rings. The molecule has 152 valence electrons. The van der Waals surface area contributed by atoms with E-state index in [1.807, 2.05) is 30.3 Å². The van der Waals surface area contributed by atoms with Gasteiger partial charge in [-0.3, -0.25) is 14.6 Å². The molecule has 3 N–H and O–H groups in total. The fourth-order valence-corrected chi connectivity index (χ4v) is 3.22. The lowest BCUT2D eigenvalue weighted by atomic mass is 10.0. The molecule has 1 aromatic heterocycles. The number of nitrogens with two attached hydrogens (primary N) is 1. The maximum atomic E-state index is 13.1. The number of rotatable bonds is 5. The maximum Gasteiger partial charge on any atom is 0.253 e. The van der Waals surface area contributed by atoms with Gasteiger partial charge in [0.2, 0.25) is 5.91 Å². The molecule has 0 aliphatic carbocycles. The Morgan fingerprint density at radius 2 is 1.93 bits per heavy atom. The van der Waals surface area contributed by atoms with E-state index < -0.39 is 6.04 Å². The highest BCUT2D eigenvalue weighted by atomic mass is 35.5. The van der Waals surface area contributed by atoms with E-state index in [0.717, 1.165) is 18.4 Å². The van der Waals surface area contributed by atoms with Crippen LogP contribution in [0.25, 0.3) is 0 Å². The van der Waals surface area contributed by atoms with Crippen LogP contribution in [-0.2, 0) is 11.2 Å². The first-order valence-electron chi connectivity index (χ1n) is 8.92. The fourth-order valence-electron chi connectivity index (χ4n) is 3.22. The van der Waals surface area contributed by atoms with Gasteiger partial charge in [-0.25, -0.2) is 0 Å². The lowest BCUT2D eigenvalue weighted by Crippen LogP contribution is -2.54. The average molecular weight is 425 g/mol. The molecule has 0 spiro atoms. The quantitative estimate of drug-likeness (QED) is 0.769. The van der Waals surface area contributed by atoms with Crippen molar-refractivity contribution in [1.82, 2.24) is 15.2 Å². The van der Waals surface area contributed by atoms with Crippen LogP contribution in [-0.4, -0.2) is 46.9 Å². The van der Waals surface area contributed by atoms with E-state index in [0.29, 0.717) is 25.1 Å². The van der Waals surface area contributed by atoms with Crippen molar-refractivity contribution in [1.29, 1.82) is 0 Å². The third-order valence-electron chi connectivity index (χ3n) is 4.58. The summed E-state index contributed by atoms with van der Waals surface area (Å²) in [5.41, 5.74) is 7.46. The van der Waals surface area contributed by atoms with Crippen molar-refractivity contribution in [2.45, 2.75) is 31.3 Å². The number of benzene rings is 1. The zero-order chi connectivity index (χ0) is 18.4. The van der Waals surface area contributed by atoms with Crippen LogP contribution in [0.2, 0.25) is 0 Å². The van der Waals surface area contributed by atoms with Gasteiger partial charge in [0.05, 0.1) is 5.56 Å². The molecule has 0 bridgehead atoms. The predicted octanol–water partition coefficient (Wildman–Crippen LogP) is 2.22. The second-order valence-corrected chi connectivity index (χ2v) is 6.64. The van der Waals surface area contributed by atoms with Crippen LogP contribution in [0.3, 0.4) is 0 Å². The van der Waals surface area contributed by atoms with Crippen LogP contribution in [0.15, 0.2) is 54.9 Å². The van der Waals surface area contributed by atoms with Crippen molar-refractivity contribution >= 4 is 36.6 Å². The minimum Gasteiger partial charge on any atom is -0.340 e. The molecule has 2 aromatic rings. The number of carbonyl (C=O) groups is 2. The normalized spacial score (nSPS) is 16.9. The van der Waals surface area contributed by atoms with Gasteiger partial charge in [0.1, 0.15) is 6.04 Å². The topological polar surface area (TPSA) is 88.3 Å². The van der Waals surface area contributed by atoms with E-state index in [1.54, 1.807) is 23.2 Å². The summed E-state index contributed by atoms with van der Waals surface area (Å²) in [6.07, 6.45) is 5.36. The van der Waals surface area contributed by atoms with Crippen molar-refractivity contribution in [2.24, 2.45) is 5.73 Å². The molecule has 2 unspecified atom stereocenters. The molecule has 2 amide bonds. The fraction of sp³-hybridized carbons (Fsp3) is 0.350. The van der Waals surface area contributed by atoms with Crippen molar-refractivity contribution in [3.05, 3.63) is 66.0 Å².